The van der Waals surface area contributed by atoms with Crippen LogP contribution in [0.4, 0.5) is 5.69 Å². The van der Waals surface area contributed by atoms with Gasteiger partial charge >= 0.3 is 5.97 Å². The Bertz CT molecular complexity index is 494. The van der Waals surface area contributed by atoms with Crippen LogP contribution in [0, 0.1) is 0 Å². The number of anilines is 1. The number of carbonyl (C=O) groups is 1. The third kappa shape index (κ3) is 6.52. The molecule has 0 aliphatic carbocycles. The lowest BCUT2D eigenvalue weighted by atomic mass is 10.3. The van der Waals surface area contributed by atoms with Crippen molar-refractivity contribution in [1.29, 1.82) is 0 Å². The summed E-state index contributed by atoms with van der Waals surface area (Å²) in [7, 11) is 4.44. The Balaban J connectivity index is 0.00000400. The van der Waals surface area contributed by atoms with Crippen molar-refractivity contribution < 1.29 is 19.0 Å². The minimum Gasteiger partial charge on any atom is -0.493 e. The fraction of sp³-hybridized carbons (Fsp3) is 0.385. The van der Waals surface area contributed by atoms with Crippen LogP contribution in [-0.2, 0) is 9.53 Å². The summed E-state index contributed by atoms with van der Waals surface area (Å²) in [6.45, 7) is 0.263. The van der Waals surface area contributed by atoms with Crippen molar-refractivity contribution in [2.75, 3.05) is 33.2 Å². The molecule has 118 valence electrons. The van der Waals surface area contributed by atoms with E-state index in [1.165, 1.54) is 7.11 Å². The fourth-order valence-electron chi connectivity index (χ4n) is 1.47. The molecule has 8 heteroatoms. The average Bonchev–Trinajstić information content (AvgIpc) is 2.46. The molecular weight excluding hydrogens is 389 g/mol. The number of hydrogen-bond acceptors (Lipinski definition) is 5. The van der Waals surface area contributed by atoms with Crippen LogP contribution in [0.25, 0.3) is 0 Å². The van der Waals surface area contributed by atoms with Gasteiger partial charge in [-0.15, -0.1) is 24.0 Å². The summed E-state index contributed by atoms with van der Waals surface area (Å²) in [4.78, 5) is 14.9. The largest absolute Gasteiger partial charge is 0.493 e. The van der Waals surface area contributed by atoms with E-state index in [2.05, 4.69) is 15.0 Å². The van der Waals surface area contributed by atoms with Gasteiger partial charge in [0.15, 0.2) is 17.5 Å². The first-order valence-electron chi connectivity index (χ1n) is 5.96. The molecule has 0 spiro atoms. The summed E-state index contributed by atoms with van der Waals surface area (Å²) in [5.41, 5.74) is 6.42. The van der Waals surface area contributed by atoms with Gasteiger partial charge in [0, 0.05) is 11.8 Å². The molecule has 0 aliphatic rings. The molecule has 0 bridgehead atoms. The quantitative estimate of drug-likeness (QED) is 0.321. The number of guanidine groups is 1. The lowest BCUT2D eigenvalue weighted by Crippen LogP contribution is -2.23. The molecule has 3 N–H and O–H groups in total. The molecule has 0 heterocycles. The van der Waals surface area contributed by atoms with E-state index in [1.54, 1.807) is 32.4 Å². The molecule has 0 saturated carbocycles. The number of nitrogens with zero attached hydrogens (tertiary/aromatic N) is 1. The highest BCUT2D eigenvalue weighted by Gasteiger charge is 2.05. The van der Waals surface area contributed by atoms with Crippen LogP contribution in [0.5, 0.6) is 11.5 Å². The SMILES string of the molecule is COC(=O)CCN=C(N)Nc1ccc(OC)c(OC)c1.I. The lowest BCUT2D eigenvalue weighted by molar-refractivity contribution is -0.140. The van der Waals surface area contributed by atoms with E-state index < -0.39 is 0 Å². The molecule has 1 aromatic rings. The van der Waals surface area contributed by atoms with Crippen LogP contribution in [-0.4, -0.2) is 39.8 Å². The molecule has 1 aromatic carbocycles. The van der Waals surface area contributed by atoms with Crippen LogP contribution in [0.15, 0.2) is 23.2 Å². The number of benzene rings is 1. The van der Waals surface area contributed by atoms with Gasteiger partial charge in [0.25, 0.3) is 0 Å². The van der Waals surface area contributed by atoms with E-state index in [4.69, 9.17) is 15.2 Å². The number of aliphatic imine (C=N–C) groups is 1. The van der Waals surface area contributed by atoms with Gasteiger partial charge in [-0.2, -0.15) is 0 Å². The second-order valence-electron chi connectivity index (χ2n) is 3.79. The average molecular weight is 409 g/mol. The van der Waals surface area contributed by atoms with Gasteiger partial charge in [-0.1, -0.05) is 0 Å². The van der Waals surface area contributed by atoms with Crippen molar-refractivity contribution in [1.82, 2.24) is 0 Å². The zero-order valence-corrected chi connectivity index (χ0v) is 14.5. The molecule has 0 aliphatic heterocycles. The molecule has 0 aromatic heterocycles. The van der Waals surface area contributed by atoms with E-state index in [1.807, 2.05) is 0 Å². The summed E-state index contributed by atoms with van der Waals surface area (Å²) >= 11 is 0. The van der Waals surface area contributed by atoms with E-state index >= 15 is 0 Å². The van der Waals surface area contributed by atoms with E-state index in [0.29, 0.717) is 17.2 Å². The van der Waals surface area contributed by atoms with E-state index in [9.17, 15) is 4.79 Å². The number of ether oxygens (including phenoxy) is 3. The summed E-state index contributed by atoms with van der Waals surface area (Å²) in [6.07, 6.45) is 0.185. The van der Waals surface area contributed by atoms with Crippen molar-refractivity contribution in [3.05, 3.63) is 18.2 Å². The molecule has 7 nitrogen and oxygen atoms in total. The second-order valence-corrected chi connectivity index (χ2v) is 3.79. The zero-order valence-electron chi connectivity index (χ0n) is 12.2. The van der Waals surface area contributed by atoms with Gasteiger partial charge in [0.1, 0.15) is 0 Å². The fourth-order valence-corrected chi connectivity index (χ4v) is 1.47. The molecule has 0 fully saturated rings. The summed E-state index contributed by atoms with van der Waals surface area (Å²) in [5, 5.41) is 2.90. The van der Waals surface area contributed by atoms with Crippen molar-refractivity contribution in [3.63, 3.8) is 0 Å². The van der Waals surface area contributed by atoms with Crippen LogP contribution < -0.4 is 20.5 Å². The van der Waals surface area contributed by atoms with Crippen molar-refractivity contribution in [3.8, 4) is 11.5 Å². The third-order valence-corrected chi connectivity index (χ3v) is 2.48. The molecule has 1 rings (SSSR count). The minimum atomic E-state index is -0.326. The number of methoxy groups -OCH3 is 3. The number of hydrogen-bond donors (Lipinski definition) is 2. The monoisotopic (exact) mass is 409 g/mol. The van der Waals surface area contributed by atoms with Gasteiger partial charge in [0.2, 0.25) is 0 Å². The molecular formula is C13H20IN3O4. The summed E-state index contributed by atoms with van der Waals surface area (Å²) in [5.74, 6) is 1.09. The maximum Gasteiger partial charge on any atom is 0.307 e. The van der Waals surface area contributed by atoms with E-state index in [0.717, 1.165) is 0 Å². The third-order valence-electron chi connectivity index (χ3n) is 2.48. The maximum absolute atomic E-state index is 10.9. The Morgan fingerprint density at radius 1 is 1.24 bits per heavy atom. The second kappa shape index (κ2) is 10.1. The highest BCUT2D eigenvalue weighted by Crippen LogP contribution is 2.29. The molecule has 0 saturated heterocycles. The summed E-state index contributed by atoms with van der Waals surface area (Å²) in [6, 6.07) is 5.27. The van der Waals surface area contributed by atoms with Gasteiger partial charge in [-0.3, -0.25) is 9.79 Å². The Hall–Kier alpha value is -1.71. The predicted molar refractivity (Wildman–Crippen MR) is 91.7 cm³/mol. The number of nitrogens with one attached hydrogen (secondary N) is 1. The molecule has 0 atom stereocenters. The number of rotatable bonds is 6. The number of carbonyl (C=O) groups excluding carboxylic acids is 1. The predicted octanol–water partition coefficient (Wildman–Crippen LogP) is 1.61. The molecule has 21 heavy (non-hydrogen) atoms. The summed E-state index contributed by atoms with van der Waals surface area (Å²) < 4.78 is 14.8. The minimum absolute atomic E-state index is 0. The zero-order chi connectivity index (χ0) is 15.0. The van der Waals surface area contributed by atoms with E-state index in [-0.39, 0.29) is 48.9 Å². The smallest absolute Gasteiger partial charge is 0.307 e. The van der Waals surface area contributed by atoms with Gasteiger partial charge in [-0.25, -0.2) is 0 Å². The highest BCUT2D eigenvalue weighted by molar-refractivity contribution is 14.0. The van der Waals surface area contributed by atoms with Crippen LogP contribution in [0.1, 0.15) is 6.42 Å². The lowest BCUT2D eigenvalue weighted by Gasteiger charge is -2.10. The standard InChI is InChI=1S/C13H19N3O4.HI/c1-18-10-5-4-9(8-11(10)19-2)16-13(14)15-7-6-12(17)20-3;/h4-5,8H,6-7H2,1-3H3,(H3,14,15,16);1H. The van der Waals surface area contributed by atoms with Gasteiger partial charge < -0.3 is 25.3 Å². The highest BCUT2D eigenvalue weighted by atomic mass is 127. The number of nitrogens with two attached hydrogens (primary N) is 1. The Kier molecular flexibility index (Phi) is 9.26. The van der Waals surface area contributed by atoms with Gasteiger partial charge in [-0.05, 0) is 12.1 Å². The van der Waals surface area contributed by atoms with Crippen LogP contribution >= 0.6 is 24.0 Å². The first kappa shape index (κ1) is 19.3. The van der Waals surface area contributed by atoms with Crippen LogP contribution in [0.2, 0.25) is 0 Å². The van der Waals surface area contributed by atoms with Crippen molar-refractivity contribution >= 4 is 41.6 Å². The van der Waals surface area contributed by atoms with Gasteiger partial charge in [0.05, 0.1) is 34.3 Å². The topological polar surface area (TPSA) is 95.2 Å². The number of esters is 1. The molecule has 0 radical (unpaired) electrons. The first-order valence-corrected chi connectivity index (χ1v) is 5.96. The Morgan fingerprint density at radius 2 is 1.90 bits per heavy atom. The first-order chi connectivity index (χ1) is 9.60. The molecule has 0 unspecified atom stereocenters. The molecule has 0 amide bonds. The Morgan fingerprint density at radius 3 is 2.48 bits per heavy atom. The Labute approximate surface area is 140 Å². The normalized spacial score (nSPS) is 10.3. The number of halogens is 1. The van der Waals surface area contributed by atoms with Crippen molar-refractivity contribution in [2.24, 2.45) is 10.7 Å². The van der Waals surface area contributed by atoms with Crippen molar-refractivity contribution in [2.45, 2.75) is 6.42 Å². The maximum atomic E-state index is 10.9. The van der Waals surface area contributed by atoms with Crippen LogP contribution in [0.3, 0.4) is 0 Å².